The van der Waals surface area contributed by atoms with Crippen LogP contribution >= 0.6 is 0 Å². The molecule has 1 aliphatic heterocycles. The molecule has 208 valence electrons. The second-order valence-corrected chi connectivity index (χ2v) is 9.42. The van der Waals surface area contributed by atoms with Gasteiger partial charge in [0, 0.05) is 51.3 Å². The lowest BCUT2D eigenvalue weighted by molar-refractivity contribution is -0.131. The first kappa shape index (κ1) is 29.6. The van der Waals surface area contributed by atoms with Gasteiger partial charge in [0.15, 0.2) is 0 Å². The quantitative estimate of drug-likeness (QED) is 0.399. The Bertz CT molecular complexity index is 1170. The molecule has 2 N–H and O–H groups in total. The highest BCUT2D eigenvalue weighted by atomic mass is 19.1. The molecule has 39 heavy (non-hydrogen) atoms. The number of methoxy groups -OCH3 is 1. The lowest BCUT2D eigenvalue weighted by Gasteiger charge is -2.34. The van der Waals surface area contributed by atoms with Crippen molar-refractivity contribution in [2.75, 3.05) is 46.9 Å². The van der Waals surface area contributed by atoms with E-state index in [-0.39, 0.29) is 43.3 Å². The Labute approximate surface area is 228 Å². The fourth-order valence-corrected chi connectivity index (χ4v) is 4.38. The molecular weight excluding hydrogens is 503 g/mol. The number of hydrogen-bond donors (Lipinski definition) is 2. The maximum Gasteiger partial charge on any atom is 0.244 e. The topological polar surface area (TPSA) is 115 Å². The summed E-state index contributed by atoms with van der Waals surface area (Å²) in [6.07, 6.45) is 4.52. The predicted molar refractivity (Wildman–Crippen MR) is 145 cm³/mol. The van der Waals surface area contributed by atoms with Crippen LogP contribution in [0.25, 0.3) is 6.08 Å². The zero-order chi connectivity index (χ0) is 28.2. The van der Waals surface area contributed by atoms with Gasteiger partial charge in [-0.2, -0.15) is 5.26 Å². The predicted octanol–water partition coefficient (Wildman–Crippen LogP) is 2.59. The fourth-order valence-electron chi connectivity index (χ4n) is 4.38. The highest BCUT2D eigenvalue weighted by Gasteiger charge is 2.25. The van der Waals surface area contributed by atoms with E-state index in [0.717, 1.165) is 12.8 Å². The van der Waals surface area contributed by atoms with Crippen molar-refractivity contribution in [1.29, 1.82) is 5.26 Å². The Kier molecular flexibility index (Phi) is 11.3. The largest absolute Gasteiger partial charge is 0.496 e. The average molecular weight is 539 g/mol. The van der Waals surface area contributed by atoms with E-state index in [4.69, 9.17) is 9.47 Å². The number of amides is 2. The summed E-state index contributed by atoms with van der Waals surface area (Å²) >= 11 is 0. The first-order valence-electron chi connectivity index (χ1n) is 12.9. The van der Waals surface area contributed by atoms with E-state index in [1.54, 1.807) is 43.5 Å². The summed E-state index contributed by atoms with van der Waals surface area (Å²) in [5.74, 6) is 0.282. The molecule has 1 atom stereocenters. The summed E-state index contributed by atoms with van der Waals surface area (Å²) in [4.78, 5) is 29.2. The zero-order valence-electron chi connectivity index (χ0n) is 22.3. The van der Waals surface area contributed by atoms with Crippen LogP contribution < -0.4 is 14.8 Å². The number of piperidine rings is 1. The molecule has 9 nitrogen and oxygen atoms in total. The molecule has 3 rings (SSSR count). The van der Waals surface area contributed by atoms with Crippen LogP contribution in [0.2, 0.25) is 0 Å². The second-order valence-electron chi connectivity index (χ2n) is 9.42. The number of aliphatic hydroxyl groups is 1. The van der Waals surface area contributed by atoms with Crippen LogP contribution in [0.15, 0.2) is 48.5 Å². The Morgan fingerprint density at radius 2 is 1.97 bits per heavy atom. The Morgan fingerprint density at radius 3 is 2.62 bits per heavy atom. The van der Waals surface area contributed by atoms with Crippen molar-refractivity contribution in [3.63, 3.8) is 0 Å². The maximum absolute atomic E-state index is 13.2. The molecule has 0 unspecified atom stereocenters. The van der Waals surface area contributed by atoms with Crippen LogP contribution in [0, 0.1) is 17.1 Å². The van der Waals surface area contributed by atoms with Gasteiger partial charge < -0.3 is 29.7 Å². The third-order valence-electron chi connectivity index (χ3n) is 6.53. The van der Waals surface area contributed by atoms with Gasteiger partial charge in [0.1, 0.15) is 23.4 Å². The normalized spacial score (nSPS) is 14.9. The number of nitriles is 1. The van der Waals surface area contributed by atoms with E-state index >= 15 is 0 Å². The van der Waals surface area contributed by atoms with E-state index < -0.39 is 6.04 Å². The van der Waals surface area contributed by atoms with Crippen molar-refractivity contribution < 1.29 is 28.6 Å². The number of likely N-dealkylation sites (N-methyl/N-ethyl adjacent to an activating group) is 1. The lowest BCUT2D eigenvalue weighted by atomic mass is 10.1. The molecule has 0 bridgehead atoms. The molecule has 0 aliphatic carbocycles. The number of hydrogen-bond acceptors (Lipinski definition) is 7. The number of aliphatic hydroxyl groups excluding tert-OH is 1. The number of rotatable bonds is 12. The fraction of sp³-hybridized carbons (Fsp3) is 0.414. The molecule has 0 spiro atoms. The number of nitrogens with one attached hydrogen (secondary N) is 1. The van der Waals surface area contributed by atoms with Crippen molar-refractivity contribution in [1.82, 2.24) is 15.1 Å². The van der Waals surface area contributed by atoms with Crippen LogP contribution in [0.1, 0.15) is 30.4 Å². The lowest BCUT2D eigenvalue weighted by Crippen LogP contribution is -2.49. The van der Waals surface area contributed by atoms with Gasteiger partial charge in [-0.25, -0.2) is 4.39 Å². The summed E-state index contributed by atoms with van der Waals surface area (Å²) in [5, 5.41) is 21.3. The first-order valence-corrected chi connectivity index (χ1v) is 12.9. The van der Waals surface area contributed by atoms with E-state index in [1.807, 2.05) is 0 Å². The van der Waals surface area contributed by atoms with Crippen molar-refractivity contribution in [3.05, 3.63) is 65.5 Å². The van der Waals surface area contributed by atoms with Crippen LogP contribution in [-0.4, -0.2) is 85.8 Å². The van der Waals surface area contributed by atoms with Gasteiger partial charge in [0.05, 0.1) is 31.4 Å². The molecule has 10 heteroatoms. The highest BCUT2D eigenvalue weighted by molar-refractivity contribution is 5.92. The van der Waals surface area contributed by atoms with Crippen molar-refractivity contribution >= 4 is 17.9 Å². The van der Waals surface area contributed by atoms with Crippen LogP contribution in [0.4, 0.5) is 4.39 Å². The van der Waals surface area contributed by atoms with Gasteiger partial charge in [-0.1, -0.05) is 0 Å². The molecule has 0 aromatic heterocycles. The summed E-state index contributed by atoms with van der Waals surface area (Å²) in [7, 11) is 3.13. The van der Waals surface area contributed by atoms with Gasteiger partial charge >= 0.3 is 0 Å². The van der Waals surface area contributed by atoms with Crippen molar-refractivity contribution in [2.45, 2.75) is 31.4 Å². The molecule has 1 aliphatic rings. The molecule has 0 saturated carbocycles. The third-order valence-corrected chi connectivity index (χ3v) is 6.53. The van der Waals surface area contributed by atoms with Gasteiger partial charge in [-0.3, -0.25) is 9.59 Å². The molecule has 1 fully saturated rings. The van der Waals surface area contributed by atoms with Gasteiger partial charge in [0.25, 0.3) is 0 Å². The van der Waals surface area contributed by atoms with Gasteiger partial charge in [-0.15, -0.1) is 0 Å². The van der Waals surface area contributed by atoms with E-state index in [0.29, 0.717) is 42.3 Å². The number of nitrogens with zero attached hydrogens (tertiary/aromatic N) is 3. The Hall–Kier alpha value is -3.94. The van der Waals surface area contributed by atoms with Crippen LogP contribution in [-0.2, 0) is 9.59 Å². The van der Waals surface area contributed by atoms with Crippen molar-refractivity contribution in [3.8, 4) is 17.6 Å². The number of likely N-dealkylation sites (tertiary alicyclic amines) is 1. The molecule has 2 amide bonds. The highest BCUT2D eigenvalue weighted by Crippen LogP contribution is 2.22. The van der Waals surface area contributed by atoms with Gasteiger partial charge in [-0.05, 0) is 61.4 Å². The Balaban J connectivity index is 1.62. The number of halogens is 1. The van der Waals surface area contributed by atoms with E-state index in [1.165, 1.54) is 30.2 Å². The van der Waals surface area contributed by atoms with Crippen molar-refractivity contribution in [2.24, 2.45) is 0 Å². The second kappa shape index (κ2) is 14.9. The molecule has 1 saturated heterocycles. The molecule has 2 aromatic carbocycles. The number of benzene rings is 2. The van der Waals surface area contributed by atoms with E-state index in [9.17, 15) is 24.3 Å². The smallest absolute Gasteiger partial charge is 0.244 e. The monoisotopic (exact) mass is 538 g/mol. The summed E-state index contributed by atoms with van der Waals surface area (Å²) in [6, 6.07) is 12.5. The third kappa shape index (κ3) is 9.39. The number of carbonyl (C=O) groups is 2. The minimum atomic E-state index is -0.460. The molecule has 0 radical (unpaired) electrons. The minimum absolute atomic E-state index is 0.000778. The van der Waals surface area contributed by atoms with E-state index in [2.05, 4.69) is 16.3 Å². The minimum Gasteiger partial charge on any atom is -0.496 e. The SMILES string of the molecule is COc1ccc(C#N)cc1/C=C/C(=O)N[C@H](CC(=O)N(C)CCO)CN1CCC(Oc2ccc(F)cc2)CC1. The number of carbonyl (C=O) groups excluding carboxylic acids is 2. The maximum atomic E-state index is 13.2. The van der Waals surface area contributed by atoms with Gasteiger partial charge in [0.2, 0.25) is 11.8 Å². The number of ether oxygens (including phenoxy) is 2. The summed E-state index contributed by atoms with van der Waals surface area (Å²) < 4.78 is 24.4. The van der Waals surface area contributed by atoms with Crippen LogP contribution in [0.5, 0.6) is 11.5 Å². The standard InChI is InChI=1S/C29H35FN4O5/c1-33(15-16-35)29(37)18-24(32-28(36)10-4-22-17-21(19-31)3-9-27(22)38-2)20-34-13-11-26(12-14-34)39-25-7-5-23(30)6-8-25/h3-10,17,24,26,35H,11-16,18,20H2,1-2H3,(H,32,36)/b10-4+/t24-/m1/s1. The van der Waals surface area contributed by atoms with Crippen LogP contribution in [0.3, 0.4) is 0 Å². The average Bonchev–Trinajstić information content (AvgIpc) is 2.94. The Morgan fingerprint density at radius 1 is 1.26 bits per heavy atom. The summed E-state index contributed by atoms with van der Waals surface area (Å²) in [5.41, 5.74) is 1.03. The molecular formula is C29H35FN4O5. The molecule has 1 heterocycles. The first-order chi connectivity index (χ1) is 18.8. The molecule has 2 aromatic rings. The summed E-state index contributed by atoms with van der Waals surface area (Å²) in [6.45, 7) is 1.96. The zero-order valence-corrected chi connectivity index (χ0v) is 22.3.